The zero-order chi connectivity index (χ0) is 31.0. The van der Waals surface area contributed by atoms with Crippen LogP contribution in [0.1, 0.15) is 26.5 Å². The van der Waals surface area contributed by atoms with E-state index in [1.54, 1.807) is 12.3 Å². The van der Waals surface area contributed by atoms with Gasteiger partial charge in [-0.3, -0.25) is 4.98 Å². The Kier molecular flexibility index (Phi) is 8.63. The van der Waals surface area contributed by atoms with Crippen LogP contribution in [0.25, 0.3) is 61.4 Å². The molecule has 0 aliphatic carbocycles. The number of rotatable bonds is 3. The number of imidazole rings is 1. The zero-order valence-electron chi connectivity index (χ0n) is 25.5. The number of nitrogens with zero attached hydrogens (tertiary/aromatic N) is 4. The van der Waals surface area contributed by atoms with Crippen LogP contribution in [-0.4, -0.2) is 19.5 Å². The summed E-state index contributed by atoms with van der Waals surface area (Å²) in [5.41, 5.74) is 7.25. The van der Waals surface area contributed by atoms with E-state index in [2.05, 4.69) is 54.6 Å². The van der Waals surface area contributed by atoms with Crippen LogP contribution >= 0.6 is 0 Å². The van der Waals surface area contributed by atoms with E-state index in [0.29, 0.717) is 28.2 Å². The molecule has 0 spiro atoms. The van der Waals surface area contributed by atoms with Gasteiger partial charge in [-0.25, -0.2) is 9.37 Å². The molecular weight excluding hydrogens is 752 g/mol. The third-order valence-corrected chi connectivity index (χ3v) is 7.57. The van der Waals surface area contributed by atoms with E-state index in [1.807, 2.05) is 84.9 Å². The summed E-state index contributed by atoms with van der Waals surface area (Å²) in [7, 11) is 0. The number of hydrogen-bond acceptors (Lipinski definition) is 4. The summed E-state index contributed by atoms with van der Waals surface area (Å²) in [5, 5.41) is 1.76. The van der Waals surface area contributed by atoms with Crippen LogP contribution in [0.3, 0.4) is 0 Å². The average molecular weight is 781 g/mol. The number of benzene rings is 4. The van der Waals surface area contributed by atoms with E-state index < -0.39 is 0 Å². The fourth-order valence-electron chi connectivity index (χ4n) is 5.34. The maximum atomic E-state index is 13.9. The monoisotopic (exact) mass is 781 g/mol. The standard InChI is InChI=1S/C28H21FN3O.C11H8N.Ir/c1-28(2,3)24-15-14-22-26(30-24)31-27(32(22)18-8-5-4-6-9-18)21-11-7-10-20-19-13-12-17(29)16-23(19)33-25(20)21;1-2-6-10(7-3-1)11-8-4-5-9-12-11;/h4-10,12-16H,1-3H3;1-6,8-9H;/q2*-1;. The number of pyridine rings is 2. The fourth-order valence-corrected chi connectivity index (χ4v) is 5.34. The van der Waals surface area contributed by atoms with Crippen LogP contribution in [-0.2, 0) is 25.5 Å². The fraction of sp³-hybridized carbons (Fsp3) is 0.103. The van der Waals surface area contributed by atoms with Crippen LogP contribution in [0.15, 0.2) is 126 Å². The molecule has 0 amide bonds. The van der Waals surface area contributed by atoms with Crippen LogP contribution in [0.5, 0.6) is 0 Å². The molecule has 0 saturated heterocycles. The van der Waals surface area contributed by atoms with Crippen molar-refractivity contribution in [2.75, 3.05) is 0 Å². The van der Waals surface area contributed by atoms with Crippen LogP contribution < -0.4 is 0 Å². The normalized spacial score (nSPS) is 11.3. The Balaban J connectivity index is 0.000000241. The molecule has 0 atom stereocenters. The van der Waals surface area contributed by atoms with Gasteiger partial charge in [0.15, 0.2) is 5.65 Å². The molecule has 0 N–H and O–H groups in total. The Hall–Kier alpha value is -4.97. The molecule has 4 aromatic heterocycles. The van der Waals surface area contributed by atoms with Crippen molar-refractivity contribution in [2.24, 2.45) is 0 Å². The van der Waals surface area contributed by atoms with Crippen molar-refractivity contribution in [3.63, 3.8) is 0 Å². The first kappa shape index (κ1) is 31.0. The summed E-state index contributed by atoms with van der Waals surface area (Å²) >= 11 is 0. The van der Waals surface area contributed by atoms with Gasteiger partial charge in [0.1, 0.15) is 11.4 Å². The third-order valence-electron chi connectivity index (χ3n) is 7.57. The van der Waals surface area contributed by atoms with Crippen molar-refractivity contribution in [3.05, 3.63) is 145 Å². The molecule has 8 rings (SSSR count). The Morgan fingerprint density at radius 3 is 2.30 bits per heavy atom. The molecule has 8 aromatic rings. The van der Waals surface area contributed by atoms with Gasteiger partial charge in [-0.1, -0.05) is 62.1 Å². The van der Waals surface area contributed by atoms with Crippen LogP contribution in [0.2, 0.25) is 0 Å². The van der Waals surface area contributed by atoms with E-state index in [4.69, 9.17) is 14.4 Å². The molecule has 0 aliphatic rings. The Morgan fingerprint density at radius 2 is 1.57 bits per heavy atom. The summed E-state index contributed by atoms with van der Waals surface area (Å²) in [5.74, 6) is 0.349. The summed E-state index contributed by atoms with van der Waals surface area (Å²) in [4.78, 5) is 14.1. The molecule has 1 radical (unpaired) electrons. The SMILES string of the molecule is CC(C)(C)c1ccc2c(n1)nc(-c1[c-]ccc3c1oc1cc(F)ccc13)n2-c1ccccc1.[Ir].[c-]1ccccc1-c1ccccn1. The second kappa shape index (κ2) is 12.8. The van der Waals surface area contributed by atoms with E-state index in [9.17, 15) is 4.39 Å². The van der Waals surface area contributed by atoms with Gasteiger partial charge >= 0.3 is 0 Å². The zero-order valence-corrected chi connectivity index (χ0v) is 27.9. The van der Waals surface area contributed by atoms with Crippen LogP contribution in [0.4, 0.5) is 4.39 Å². The maximum absolute atomic E-state index is 13.9. The molecule has 0 unspecified atom stereocenters. The van der Waals surface area contributed by atoms with Crippen LogP contribution in [0, 0.1) is 17.9 Å². The second-order valence-corrected chi connectivity index (χ2v) is 11.7. The Morgan fingerprint density at radius 1 is 0.761 bits per heavy atom. The number of furan rings is 1. The number of halogens is 1. The van der Waals surface area contributed by atoms with E-state index in [-0.39, 0.29) is 31.3 Å². The van der Waals surface area contributed by atoms with E-state index in [1.165, 1.54) is 12.1 Å². The first-order valence-electron chi connectivity index (χ1n) is 14.7. The third kappa shape index (κ3) is 6.00. The van der Waals surface area contributed by atoms with Gasteiger partial charge in [0, 0.05) is 54.6 Å². The predicted octanol–water partition coefficient (Wildman–Crippen LogP) is 9.77. The molecular formula is C39H29FIrN4O-2. The molecule has 229 valence electrons. The number of fused-ring (bicyclic) bond motifs is 4. The smallest absolute Gasteiger partial charge is 0.168 e. The molecule has 0 aliphatic heterocycles. The minimum absolute atomic E-state index is 0. The summed E-state index contributed by atoms with van der Waals surface area (Å²) in [6, 6.07) is 42.7. The van der Waals surface area contributed by atoms with Gasteiger partial charge in [-0.2, -0.15) is 0 Å². The number of aromatic nitrogens is 4. The van der Waals surface area contributed by atoms with Crippen molar-refractivity contribution in [3.8, 4) is 28.3 Å². The predicted molar refractivity (Wildman–Crippen MR) is 178 cm³/mol. The summed E-state index contributed by atoms with van der Waals surface area (Å²) in [6.45, 7) is 6.41. The topological polar surface area (TPSA) is 56.7 Å². The van der Waals surface area contributed by atoms with Crippen molar-refractivity contribution >= 4 is 33.1 Å². The molecule has 0 fully saturated rings. The van der Waals surface area contributed by atoms with Gasteiger partial charge in [0.2, 0.25) is 0 Å². The molecule has 7 heteroatoms. The van der Waals surface area contributed by atoms with Gasteiger partial charge in [0.05, 0.1) is 16.9 Å². The summed E-state index contributed by atoms with van der Waals surface area (Å²) in [6.07, 6.45) is 1.79. The molecule has 0 bridgehead atoms. The minimum atomic E-state index is -0.331. The Labute approximate surface area is 280 Å². The Bertz CT molecular complexity index is 2220. The second-order valence-electron chi connectivity index (χ2n) is 11.7. The van der Waals surface area contributed by atoms with E-state index >= 15 is 0 Å². The van der Waals surface area contributed by atoms with Gasteiger partial charge in [-0.15, -0.1) is 54.1 Å². The van der Waals surface area contributed by atoms with Crippen molar-refractivity contribution in [1.82, 2.24) is 19.5 Å². The van der Waals surface area contributed by atoms with Crippen molar-refractivity contribution in [2.45, 2.75) is 26.2 Å². The largest absolute Gasteiger partial charge is 0.500 e. The molecule has 0 saturated carbocycles. The van der Waals surface area contributed by atoms with Crippen molar-refractivity contribution < 1.29 is 28.9 Å². The maximum Gasteiger partial charge on any atom is 0.168 e. The number of hydrogen-bond donors (Lipinski definition) is 0. The minimum Gasteiger partial charge on any atom is -0.500 e. The average Bonchev–Trinajstić information content (AvgIpc) is 3.63. The van der Waals surface area contributed by atoms with E-state index in [0.717, 1.165) is 38.9 Å². The van der Waals surface area contributed by atoms with Crippen molar-refractivity contribution in [1.29, 1.82) is 0 Å². The van der Waals surface area contributed by atoms with Gasteiger partial charge < -0.3 is 14.0 Å². The number of para-hydroxylation sites is 1. The van der Waals surface area contributed by atoms with Gasteiger partial charge in [-0.05, 0) is 48.2 Å². The molecule has 46 heavy (non-hydrogen) atoms. The first-order valence-corrected chi connectivity index (χ1v) is 14.7. The molecule has 5 nitrogen and oxygen atoms in total. The molecule has 4 aromatic carbocycles. The van der Waals surface area contributed by atoms with Gasteiger partial charge in [0.25, 0.3) is 0 Å². The first-order chi connectivity index (χ1) is 21.9. The molecule has 4 heterocycles. The summed E-state index contributed by atoms with van der Waals surface area (Å²) < 4.78 is 22.1. The quantitative estimate of drug-likeness (QED) is 0.168.